The average molecular weight is 239 g/mol. The van der Waals surface area contributed by atoms with E-state index in [4.69, 9.17) is 9.47 Å². The van der Waals surface area contributed by atoms with E-state index in [-0.39, 0.29) is 6.29 Å². The normalized spacial score (nSPS) is 15.7. The molecule has 5 heteroatoms. The second-order valence-electron chi connectivity index (χ2n) is 4.40. The molecule has 1 aromatic rings. The van der Waals surface area contributed by atoms with Crippen molar-refractivity contribution in [2.75, 3.05) is 20.8 Å². The highest BCUT2D eigenvalue weighted by Crippen LogP contribution is 2.19. The maximum Gasteiger partial charge on any atom is 0.200 e. The van der Waals surface area contributed by atoms with Gasteiger partial charge in [-0.25, -0.2) is 4.98 Å². The highest BCUT2D eigenvalue weighted by molar-refractivity contribution is 5.00. The number of aromatic nitrogens is 2. The van der Waals surface area contributed by atoms with Gasteiger partial charge in [0.15, 0.2) is 6.29 Å². The molecular weight excluding hydrogens is 218 g/mol. The molecule has 0 aliphatic heterocycles. The summed E-state index contributed by atoms with van der Waals surface area (Å²) in [6.45, 7) is 2.01. The van der Waals surface area contributed by atoms with Crippen molar-refractivity contribution in [2.24, 2.45) is 0 Å². The van der Waals surface area contributed by atoms with Gasteiger partial charge in [0, 0.05) is 26.8 Å². The molecule has 0 unspecified atom stereocenters. The van der Waals surface area contributed by atoms with E-state index in [1.165, 1.54) is 12.8 Å². The zero-order valence-electron chi connectivity index (χ0n) is 10.6. The van der Waals surface area contributed by atoms with Gasteiger partial charge in [-0.1, -0.05) is 0 Å². The minimum atomic E-state index is -0.325. The van der Waals surface area contributed by atoms with Gasteiger partial charge >= 0.3 is 0 Å². The summed E-state index contributed by atoms with van der Waals surface area (Å²) in [6, 6.07) is 0.781. The topological polar surface area (TPSA) is 48.3 Å². The zero-order chi connectivity index (χ0) is 12.1. The van der Waals surface area contributed by atoms with Crippen molar-refractivity contribution in [3.8, 4) is 0 Å². The number of imidazole rings is 1. The maximum absolute atomic E-state index is 5.24. The minimum Gasteiger partial charge on any atom is -0.350 e. The molecule has 1 aromatic heterocycles. The molecule has 0 aromatic carbocycles. The molecule has 1 N–H and O–H groups in total. The number of aryl methyl sites for hydroxylation is 1. The number of methoxy groups -OCH3 is 2. The number of hydrogen-bond donors (Lipinski definition) is 1. The number of nitrogens with zero attached hydrogens (tertiary/aromatic N) is 2. The lowest BCUT2D eigenvalue weighted by atomic mass is 10.3. The van der Waals surface area contributed by atoms with Crippen molar-refractivity contribution in [3.05, 3.63) is 18.2 Å². The Morgan fingerprint density at radius 2 is 2.24 bits per heavy atom. The van der Waals surface area contributed by atoms with Crippen LogP contribution >= 0.6 is 0 Å². The molecule has 0 spiro atoms. The van der Waals surface area contributed by atoms with Gasteiger partial charge in [-0.05, 0) is 25.8 Å². The molecule has 0 amide bonds. The van der Waals surface area contributed by atoms with E-state index in [0.29, 0.717) is 0 Å². The molecule has 17 heavy (non-hydrogen) atoms. The van der Waals surface area contributed by atoms with Crippen molar-refractivity contribution in [1.82, 2.24) is 14.9 Å². The van der Waals surface area contributed by atoms with Crippen LogP contribution in [0.25, 0.3) is 0 Å². The first-order chi connectivity index (χ1) is 8.35. The van der Waals surface area contributed by atoms with Crippen LogP contribution in [0.4, 0.5) is 0 Å². The Kier molecular flexibility index (Phi) is 4.53. The lowest BCUT2D eigenvalue weighted by Gasteiger charge is -2.15. The number of hydrogen-bond acceptors (Lipinski definition) is 4. The van der Waals surface area contributed by atoms with Gasteiger partial charge in [0.2, 0.25) is 0 Å². The Hall–Kier alpha value is -0.910. The second-order valence-corrected chi connectivity index (χ2v) is 4.40. The number of ether oxygens (including phenoxy) is 2. The molecule has 0 saturated heterocycles. The fourth-order valence-electron chi connectivity index (χ4n) is 1.89. The highest BCUT2D eigenvalue weighted by Gasteiger charge is 2.19. The number of nitrogens with one attached hydrogen (secondary N) is 1. The van der Waals surface area contributed by atoms with Gasteiger partial charge in [-0.15, -0.1) is 0 Å². The molecule has 0 atom stereocenters. The third-order valence-corrected chi connectivity index (χ3v) is 3.00. The van der Waals surface area contributed by atoms with Crippen molar-refractivity contribution >= 4 is 0 Å². The van der Waals surface area contributed by atoms with Gasteiger partial charge in [0.25, 0.3) is 0 Å². The fourth-order valence-corrected chi connectivity index (χ4v) is 1.89. The van der Waals surface area contributed by atoms with E-state index < -0.39 is 0 Å². The molecule has 1 saturated carbocycles. The van der Waals surface area contributed by atoms with E-state index in [9.17, 15) is 0 Å². The molecular formula is C12H21N3O2. The number of rotatable bonds is 8. The summed E-state index contributed by atoms with van der Waals surface area (Å²) in [7, 11) is 3.28. The Morgan fingerprint density at radius 3 is 2.88 bits per heavy atom. The van der Waals surface area contributed by atoms with Crippen molar-refractivity contribution < 1.29 is 9.47 Å². The first-order valence-corrected chi connectivity index (χ1v) is 6.14. The standard InChI is InChI=1S/C12H21N3O2/c1-16-12(17-2)11-8-13-9-15(11)7-3-6-14-10-4-5-10/h8-10,12,14H,3-7H2,1-2H3. The molecule has 1 aliphatic rings. The first-order valence-electron chi connectivity index (χ1n) is 6.14. The lowest BCUT2D eigenvalue weighted by molar-refractivity contribution is -0.110. The molecule has 1 heterocycles. The molecule has 0 bridgehead atoms. The Labute approximate surface area is 102 Å². The third kappa shape index (κ3) is 3.52. The van der Waals surface area contributed by atoms with Crippen LogP contribution in [-0.2, 0) is 16.0 Å². The van der Waals surface area contributed by atoms with Gasteiger partial charge in [-0.3, -0.25) is 0 Å². The summed E-state index contributed by atoms with van der Waals surface area (Å²) in [6.07, 6.45) is 7.08. The SMILES string of the molecule is COC(OC)c1cncn1CCCNC1CC1. The van der Waals surface area contributed by atoms with E-state index in [1.807, 2.05) is 6.33 Å². The van der Waals surface area contributed by atoms with Gasteiger partial charge in [-0.2, -0.15) is 0 Å². The Bertz CT molecular complexity index is 332. The van der Waals surface area contributed by atoms with Crippen LogP contribution in [0.2, 0.25) is 0 Å². The van der Waals surface area contributed by atoms with E-state index in [1.54, 1.807) is 20.4 Å². The van der Waals surface area contributed by atoms with Crippen LogP contribution in [0.15, 0.2) is 12.5 Å². The largest absolute Gasteiger partial charge is 0.350 e. The summed E-state index contributed by atoms with van der Waals surface area (Å²) >= 11 is 0. The Balaban J connectivity index is 1.80. The van der Waals surface area contributed by atoms with E-state index in [0.717, 1.165) is 31.2 Å². The van der Waals surface area contributed by atoms with Crippen LogP contribution in [0.1, 0.15) is 31.2 Å². The quantitative estimate of drug-likeness (QED) is 0.549. The summed E-state index contributed by atoms with van der Waals surface area (Å²) in [5.41, 5.74) is 0.974. The fraction of sp³-hybridized carbons (Fsp3) is 0.750. The Morgan fingerprint density at radius 1 is 1.47 bits per heavy atom. The highest BCUT2D eigenvalue weighted by atomic mass is 16.7. The average Bonchev–Trinajstić information content (AvgIpc) is 3.06. The van der Waals surface area contributed by atoms with Gasteiger partial charge in [0.1, 0.15) is 0 Å². The van der Waals surface area contributed by atoms with Gasteiger partial charge < -0.3 is 19.4 Å². The van der Waals surface area contributed by atoms with Crippen molar-refractivity contribution in [1.29, 1.82) is 0 Å². The molecule has 1 aliphatic carbocycles. The van der Waals surface area contributed by atoms with Crippen molar-refractivity contribution in [2.45, 2.75) is 38.1 Å². The monoisotopic (exact) mass is 239 g/mol. The second kappa shape index (κ2) is 6.14. The minimum absolute atomic E-state index is 0.325. The first kappa shape index (κ1) is 12.5. The zero-order valence-corrected chi connectivity index (χ0v) is 10.6. The van der Waals surface area contributed by atoms with Crippen LogP contribution in [0.5, 0.6) is 0 Å². The van der Waals surface area contributed by atoms with Crippen LogP contribution in [-0.4, -0.2) is 36.4 Å². The molecule has 2 rings (SSSR count). The lowest BCUT2D eigenvalue weighted by Crippen LogP contribution is -2.19. The maximum atomic E-state index is 5.24. The van der Waals surface area contributed by atoms with E-state index in [2.05, 4.69) is 14.9 Å². The van der Waals surface area contributed by atoms with E-state index >= 15 is 0 Å². The smallest absolute Gasteiger partial charge is 0.200 e. The molecule has 1 fully saturated rings. The predicted molar refractivity (Wildman–Crippen MR) is 64.6 cm³/mol. The summed E-state index contributed by atoms with van der Waals surface area (Å²) in [5, 5.41) is 3.50. The summed E-state index contributed by atoms with van der Waals surface area (Å²) in [5.74, 6) is 0. The van der Waals surface area contributed by atoms with Crippen LogP contribution in [0.3, 0.4) is 0 Å². The van der Waals surface area contributed by atoms with Crippen LogP contribution < -0.4 is 5.32 Å². The van der Waals surface area contributed by atoms with Crippen molar-refractivity contribution in [3.63, 3.8) is 0 Å². The van der Waals surface area contributed by atoms with Crippen LogP contribution in [0, 0.1) is 0 Å². The third-order valence-electron chi connectivity index (χ3n) is 3.00. The summed E-state index contributed by atoms with van der Waals surface area (Å²) < 4.78 is 12.6. The predicted octanol–water partition coefficient (Wildman–Crippen LogP) is 1.32. The molecule has 5 nitrogen and oxygen atoms in total. The summed E-state index contributed by atoms with van der Waals surface area (Å²) in [4.78, 5) is 4.15. The van der Waals surface area contributed by atoms with Gasteiger partial charge in [0.05, 0.1) is 18.2 Å². The molecule has 96 valence electrons. The molecule has 0 radical (unpaired) electrons.